The maximum atomic E-state index is 13.1. The van der Waals surface area contributed by atoms with Gasteiger partial charge in [-0.25, -0.2) is 4.98 Å². The topological polar surface area (TPSA) is 93.7 Å². The summed E-state index contributed by atoms with van der Waals surface area (Å²) in [6.45, 7) is 1.89. The average Bonchev–Trinajstić information content (AvgIpc) is 3.59. The Morgan fingerprint density at radius 2 is 1.86 bits per heavy atom. The zero-order valence-electron chi connectivity index (χ0n) is 18.3. The molecule has 0 amide bonds. The van der Waals surface area contributed by atoms with Gasteiger partial charge in [-0.2, -0.15) is 0 Å². The smallest absolute Gasteiger partial charge is 0.487 e. The first-order chi connectivity index (χ1) is 17.0. The Kier molecular flexibility index (Phi) is 6.40. The normalized spacial score (nSPS) is 14.0. The van der Waals surface area contributed by atoms with E-state index in [0.717, 1.165) is 5.56 Å². The van der Waals surface area contributed by atoms with Gasteiger partial charge in [-0.3, -0.25) is 4.68 Å². The third-order valence-corrected chi connectivity index (χ3v) is 4.93. The Labute approximate surface area is 198 Å². The molecule has 2 aromatic heterocycles. The quantitative estimate of drug-likeness (QED) is 0.304. The molecular formula is C24H20F2N4O5. The standard InChI is InChI=1S/C24H20F2N4O5/c25-24(26)34-21-7-3-17(13-22(21)35-24)4-8-23-28-19(16-33-23)15-32-20-5-1-18(2-6-20)14-31-12-11-30-10-9-27-29-30/h1-10,13,16H,11-12,14-15H2/b8-4+. The van der Waals surface area contributed by atoms with E-state index in [1.54, 1.807) is 35.3 Å². The number of hydrogen-bond acceptors (Lipinski definition) is 8. The number of aromatic nitrogens is 4. The van der Waals surface area contributed by atoms with E-state index in [0.29, 0.717) is 42.7 Å². The molecule has 0 spiro atoms. The SMILES string of the molecule is FC1(F)Oc2ccc(/C=C/c3nc(COc4ccc(COCCn5ccnn5)cc4)co3)cc2O1. The van der Waals surface area contributed by atoms with Crippen LogP contribution in [0.2, 0.25) is 0 Å². The summed E-state index contributed by atoms with van der Waals surface area (Å²) < 4.78 is 53.6. The highest BCUT2D eigenvalue weighted by Gasteiger charge is 2.43. The highest BCUT2D eigenvalue weighted by molar-refractivity contribution is 5.68. The molecule has 2 aromatic carbocycles. The van der Waals surface area contributed by atoms with Crippen molar-refractivity contribution in [1.82, 2.24) is 20.0 Å². The van der Waals surface area contributed by atoms with Crippen molar-refractivity contribution >= 4 is 12.2 Å². The predicted molar refractivity (Wildman–Crippen MR) is 119 cm³/mol. The van der Waals surface area contributed by atoms with Crippen LogP contribution in [0.5, 0.6) is 17.2 Å². The van der Waals surface area contributed by atoms with Gasteiger partial charge in [0.2, 0.25) is 5.89 Å². The van der Waals surface area contributed by atoms with E-state index in [2.05, 4.69) is 24.8 Å². The first-order valence-corrected chi connectivity index (χ1v) is 10.7. The van der Waals surface area contributed by atoms with Crippen LogP contribution in [0, 0.1) is 0 Å². The average molecular weight is 482 g/mol. The summed E-state index contributed by atoms with van der Waals surface area (Å²) in [6, 6.07) is 12.1. The Morgan fingerprint density at radius 1 is 1.00 bits per heavy atom. The predicted octanol–water partition coefficient (Wildman–Crippen LogP) is 4.55. The van der Waals surface area contributed by atoms with E-state index in [1.807, 2.05) is 24.3 Å². The number of halogens is 2. The van der Waals surface area contributed by atoms with Crippen LogP contribution in [0.4, 0.5) is 8.78 Å². The van der Waals surface area contributed by atoms with E-state index in [-0.39, 0.29) is 18.1 Å². The molecule has 0 bridgehead atoms. The fourth-order valence-electron chi connectivity index (χ4n) is 3.24. The molecule has 11 heteroatoms. The maximum Gasteiger partial charge on any atom is 0.586 e. The van der Waals surface area contributed by atoms with Crippen LogP contribution >= 0.6 is 0 Å². The minimum absolute atomic E-state index is 0.00794. The molecule has 4 aromatic rings. The second-order valence-electron chi connectivity index (χ2n) is 7.54. The number of hydrogen-bond donors (Lipinski definition) is 0. The monoisotopic (exact) mass is 482 g/mol. The van der Waals surface area contributed by atoms with Crippen LogP contribution < -0.4 is 14.2 Å². The number of benzene rings is 2. The lowest BCUT2D eigenvalue weighted by Crippen LogP contribution is -2.25. The van der Waals surface area contributed by atoms with Crippen molar-refractivity contribution in [3.05, 3.63) is 83.8 Å². The zero-order chi connectivity index (χ0) is 24.1. The van der Waals surface area contributed by atoms with Crippen molar-refractivity contribution in [3.63, 3.8) is 0 Å². The van der Waals surface area contributed by atoms with Crippen molar-refractivity contribution in [2.75, 3.05) is 6.61 Å². The number of rotatable bonds is 10. The first kappa shape index (κ1) is 22.5. The molecular weight excluding hydrogens is 462 g/mol. The maximum absolute atomic E-state index is 13.1. The largest absolute Gasteiger partial charge is 0.586 e. The van der Waals surface area contributed by atoms with Crippen molar-refractivity contribution in [1.29, 1.82) is 0 Å². The number of oxazole rings is 1. The number of ether oxygens (including phenoxy) is 4. The molecule has 5 rings (SSSR count). The van der Waals surface area contributed by atoms with Gasteiger partial charge < -0.3 is 23.4 Å². The van der Waals surface area contributed by atoms with Crippen LogP contribution in [0.25, 0.3) is 12.2 Å². The van der Waals surface area contributed by atoms with Crippen molar-refractivity contribution in [2.45, 2.75) is 26.1 Å². The lowest BCUT2D eigenvalue weighted by atomic mass is 10.2. The number of nitrogens with zero attached hydrogens (tertiary/aromatic N) is 4. The van der Waals surface area contributed by atoms with E-state index in [1.165, 1.54) is 18.4 Å². The van der Waals surface area contributed by atoms with Gasteiger partial charge in [0, 0.05) is 12.3 Å². The minimum Gasteiger partial charge on any atom is -0.487 e. The zero-order valence-corrected chi connectivity index (χ0v) is 18.3. The molecule has 9 nitrogen and oxygen atoms in total. The van der Waals surface area contributed by atoms with Gasteiger partial charge in [0.1, 0.15) is 24.3 Å². The Morgan fingerprint density at radius 3 is 2.69 bits per heavy atom. The molecule has 3 heterocycles. The lowest BCUT2D eigenvalue weighted by molar-refractivity contribution is -0.286. The number of alkyl halides is 2. The molecule has 1 aliphatic rings. The van der Waals surface area contributed by atoms with Crippen LogP contribution in [0.15, 0.2) is 65.5 Å². The Balaban J connectivity index is 1.08. The van der Waals surface area contributed by atoms with Gasteiger partial charge in [0.15, 0.2) is 11.5 Å². The summed E-state index contributed by atoms with van der Waals surface area (Å²) >= 11 is 0. The molecule has 0 radical (unpaired) electrons. The summed E-state index contributed by atoms with van der Waals surface area (Å²) in [7, 11) is 0. The molecule has 0 N–H and O–H groups in total. The number of fused-ring (bicyclic) bond motifs is 1. The molecule has 180 valence electrons. The van der Waals surface area contributed by atoms with E-state index >= 15 is 0 Å². The molecule has 0 unspecified atom stereocenters. The highest BCUT2D eigenvalue weighted by Crippen LogP contribution is 2.41. The van der Waals surface area contributed by atoms with Gasteiger partial charge in [0.05, 0.1) is 26.0 Å². The van der Waals surface area contributed by atoms with Gasteiger partial charge in [-0.05, 0) is 41.5 Å². The summed E-state index contributed by atoms with van der Waals surface area (Å²) in [5.74, 6) is 1.01. The Hall–Kier alpha value is -4.25. The van der Waals surface area contributed by atoms with Crippen LogP contribution in [0.3, 0.4) is 0 Å². The van der Waals surface area contributed by atoms with Gasteiger partial charge >= 0.3 is 6.29 Å². The molecule has 0 atom stereocenters. The Bertz CT molecular complexity index is 1290. The first-order valence-electron chi connectivity index (χ1n) is 10.7. The van der Waals surface area contributed by atoms with E-state index in [9.17, 15) is 8.78 Å². The van der Waals surface area contributed by atoms with Gasteiger partial charge in [-0.15, -0.1) is 13.9 Å². The molecule has 0 saturated heterocycles. The summed E-state index contributed by atoms with van der Waals surface area (Å²) in [4.78, 5) is 4.34. The van der Waals surface area contributed by atoms with Crippen molar-refractivity contribution < 1.29 is 32.1 Å². The second kappa shape index (κ2) is 9.94. The van der Waals surface area contributed by atoms with Gasteiger partial charge in [0.25, 0.3) is 0 Å². The van der Waals surface area contributed by atoms with Crippen molar-refractivity contribution in [2.24, 2.45) is 0 Å². The molecule has 0 saturated carbocycles. The summed E-state index contributed by atoms with van der Waals surface area (Å²) in [5, 5.41) is 7.63. The van der Waals surface area contributed by atoms with Crippen LogP contribution in [-0.2, 0) is 24.5 Å². The van der Waals surface area contributed by atoms with Crippen molar-refractivity contribution in [3.8, 4) is 17.2 Å². The molecule has 1 aliphatic heterocycles. The third-order valence-electron chi connectivity index (χ3n) is 4.93. The lowest BCUT2D eigenvalue weighted by Gasteiger charge is -2.07. The third kappa shape index (κ3) is 6.01. The molecule has 0 fully saturated rings. The molecule has 0 aliphatic carbocycles. The van der Waals surface area contributed by atoms with E-state index < -0.39 is 6.29 Å². The summed E-state index contributed by atoms with van der Waals surface area (Å²) in [5.41, 5.74) is 2.26. The fraction of sp³-hybridized carbons (Fsp3) is 0.208. The minimum atomic E-state index is -3.64. The summed E-state index contributed by atoms with van der Waals surface area (Å²) in [6.07, 6.45) is 4.56. The van der Waals surface area contributed by atoms with Crippen LogP contribution in [-0.4, -0.2) is 32.9 Å². The highest BCUT2D eigenvalue weighted by atomic mass is 19.3. The fourth-order valence-corrected chi connectivity index (χ4v) is 3.24. The van der Waals surface area contributed by atoms with E-state index in [4.69, 9.17) is 13.9 Å². The van der Waals surface area contributed by atoms with Crippen LogP contribution in [0.1, 0.15) is 22.7 Å². The van der Waals surface area contributed by atoms with Gasteiger partial charge in [-0.1, -0.05) is 23.4 Å². The molecule has 35 heavy (non-hydrogen) atoms. The second-order valence-corrected chi connectivity index (χ2v) is 7.54.